The summed E-state index contributed by atoms with van der Waals surface area (Å²) in [6.07, 6.45) is 1.81. The van der Waals surface area contributed by atoms with Crippen LogP contribution < -0.4 is 15.1 Å². The van der Waals surface area contributed by atoms with E-state index in [1.165, 1.54) is 30.4 Å². The minimum absolute atomic E-state index is 0.106. The Kier molecular flexibility index (Phi) is 5.79. The number of cyclic esters (lactones) is 1. The van der Waals surface area contributed by atoms with E-state index in [9.17, 15) is 18.8 Å². The minimum Gasteiger partial charge on any atom is -0.472 e. The number of hydrogen-bond donors (Lipinski definition) is 1. The molecule has 3 amide bonds. The number of ether oxygens (including phenoxy) is 1. The highest BCUT2D eigenvalue weighted by atomic mass is 19.1. The number of amides is 3. The van der Waals surface area contributed by atoms with Crippen LogP contribution in [0.25, 0.3) is 0 Å². The summed E-state index contributed by atoms with van der Waals surface area (Å²) in [7, 11) is 0. The van der Waals surface area contributed by atoms with Crippen molar-refractivity contribution < 1.29 is 27.9 Å². The Balaban J connectivity index is 1.38. The summed E-state index contributed by atoms with van der Waals surface area (Å²) in [5, 5.41) is 2.61. The number of piperazine rings is 1. The van der Waals surface area contributed by atoms with Gasteiger partial charge in [0, 0.05) is 33.1 Å². The highest BCUT2D eigenvalue weighted by Gasteiger charge is 2.33. The summed E-state index contributed by atoms with van der Waals surface area (Å²) in [5.41, 5.74) is 1.31. The number of nitrogens with one attached hydrogen (secondary N) is 1. The predicted molar refractivity (Wildman–Crippen MR) is 110 cm³/mol. The number of hydrogen-bond acceptors (Lipinski definition) is 6. The van der Waals surface area contributed by atoms with Crippen LogP contribution >= 0.6 is 0 Å². The minimum atomic E-state index is -0.575. The Morgan fingerprint density at radius 2 is 1.97 bits per heavy atom. The Morgan fingerprint density at radius 1 is 1.19 bits per heavy atom. The first-order valence-corrected chi connectivity index (χ1v) is 10.0. The highest BCUT2D eigenvalue weighted by molar-refractivity contribution is 5.94. The normalized spacial score (nSPS) is 18.8. The molecule has 0 unspecified atom stereocenters. The van der Waals surface area contributed by atoms with Gasteiger partial charge in [-0.3, -0.25) is 14.5 Å². The molecule has 9 nitrogen and oxygen atoms in total. The van der Waals surface area contributed by atoms with Crippen LogP contribution in [0.15, 0.2) is 41.2 Å². The fourth-order valence-electron chi connectivity index (χ4n) is 3.74. The lowest BCUT2D eigenvalue weighted by atomic mass is 10.2. The summed E-state index contributed by atoms with van der Waals surface area (Å²) >= 11 is 0. The van der Waals surface area contributed by atoms with Crippen molar-refractivity contribution in [1.82, 2.24) is 10.2 Å². The average Bonchev–Trinajstić information content (AvgIpc) is 3.42. The zero-order valence-corrected chi connectivity index (χ0v) is 17.0. The molecule has 4 rings (SSSR count). The van der Waals surface area contributed by atoms with Crippen molar-refractivity contribution in [2.75, 3.05) is 49.1 Å². The Bertz CT molecular complexity index is 972. The molecule has 3 heterocycles. The molecule has 10 heteroatoms. The smallest absolute Gasteiger partial charge is 0.414 e. The van der Waals surface area contributed by atoms with Crippen LogP contribution in [-0.4, -0.2) is 68.2 Å². The molecule has 0 bridgehead atoms. The zero-order chi connectivity index (χ0) is 22.0. The number of carbonyl (C=O) groups excluding carboxylic acids is 3. The van der Waals surface area contributed by atoms with Crippen LogP contribution in [0.4, 0.5) is 20.6 Å². The molecule has 1 N–H and O–H groups in total. The first-order chi connectivity index (χ1) is 14.9. The Morgan fingerprint density at radius 3 is 2.61 bits per heavy atom. The maximum Gasteiger partial charge on any atom is 0.414 e. The number of anilines is 2. The molecule has 0 aliphatic carbocycles. The van der Waals surface area contributed by atoms with E-state index >= 15 is 0 Å². The maximum atomic E-state index is 14.9. The SMILES string of the molecule is CC(=O)NC[C@H]1CN(c2ccc(N3CCN(C(=O)c4ccoc4)CC3)c(F)c2)C(=O)O1. The Hall–Kier alpha value is -3.56. The predicted octanol–water partition coefficient (Wildman–Crippen LogP) is 1.84. The lowest BCUT2D eigenvalue weighted by molar-refractivity contribution is -0.119. The van der Waals surface area contributed by atoms with Crippen molar-refractivity contribution in [1.29, 1.82) is 0 Å². The van der Waals surface area contributed by atoms with Crippen molar-refractivity contribution in [2.24, 2.45) is 0 Å². The highest BCUT2D eigenvalue weighted by Crippen LogP contribution is 2.28. The van der Waals surface area contributed by atoms with Gasteiger partial charge in [-0.05, 0) is 24.3 Å². The molecular weight excluding hydrogens is 407 g/mol. The van der Waals surface area contributed by atoms with Crippen LogP contribution in [0.3, 0.4) is 0 Å². The molecule has 1 atom stereocenters. The van der Waals surface area contributed by atoms with Gasteiger partial charge in [0.15, 0.2) is 0 Å². The second-order valence-corrected chi connectivity index (χ2v) is 7.48. The second-order valence-electron chi connectivity index (χ2n) is 7.48. The molecule has 0 spiro atoms. The zero-order valence-electron chi connectivity index (χ0n) is 17.0. The van der Waals surface area contributed by atoms with E-state index in [0.717, 1.165) is 0 Å². The third-order valence-electron chi connectivity index (χ3n) is 5.37. The molecule has 2 saturated heterocycles. The fourth-order valence-corrected chi connectivity index (χ4v) is 3.74. The molecule has 2 aromatic rings. The monoisotopic (exact) mass is 430 g/mol. The van der Waals surface area contributed by atoms with Gasteiger partial charge in [-0.1, -0.05) is 0 Å². The van der Waals surface area contributed by atoms with Gasteiger partial charge >= 0.3 is 6.09 Å². The first kappa shape index (κ1) is 20.7. The molecule has 0 radical (unpaired) electrons. The van der Waals surface area contributed by atoms with E-state index in [-0.39, 0.29) is 24.9 Å². The largest absolute Gasteiger partial charge is 0.472 e. The number of benzene rings is 1. The summed E-state index contributed by atoms with van der Waals surface area (Å²) < 4.78 is 25.1. The fraction of sp³-hybridized carbons (Fsp3) is 0.381. The Labute approximate surface area is 178 Å². The number of halogens is 1. The van der Waals surface area contributed by atoms with E-state index in [4.69, 9.17) is 9.15 Å². The van der Waals surface area contributed by atoms with Crippen LogP contribution in [-0.2, 0) is 9.53 Å². The number of furan rings is 1. The standard InChI is InChI=1S/C21H23FN4O5/c1-14(27)23-11-17-12-26(21(29)31-17)16-2-3-19(18(22)10-16)24-5-7-25(8-6-24)20(28)15-4-9-30-13-15/h2-4,9-10,13,17H,5-8,11-12H2,1H3,(H,23,27)/t17-/m0/s1. The molecular formula is C21H23FN4O5. The third kappa shape index (κ3) is 4.47. The van der Waals surface area contributed by atoms with Gasteiger partial charge in [0.05, 0.1) is 36.3 Å². The second kappa shape index (κ2) is 8.66. The van der Waals surface area contributed by atoms with Crippen molar-refractivity contribution in [3.05, 3.63) is 48.2 Å². The van der Waals surface area contributed by atoms with Gasteiger partial charge in [0.2, 0.25) is 5.91 Å². The number of nitrogens with zero attached hydrogens (tertiary/aromatic N) is 3. The summed E-state index contributed by atoms with van der Waals surface area (Å²) in [6, 6.07) is 6.23. The van der Waals surface area contributed by atoms with E-state index < -0.39 is 18.0 Å². The molecule has 1 aromatic carbocycles. The van der Waals surface area contributed by atoms with Gasteiger partial charge in [0.25, 0.3) is 5.91 Å². The summed E-state index contributed by atoms with van der Waals surface area (Å²) in [6.45, 7) is 3.74. The van der Waals surface area contributed by atoms with Crippen LogP contribution in [0, 0.1) is 5.82 Å². The molecule has 2 aliphatic heterocycles. The lowest BCUT2D eigenvalue weighted by Gasteiger charge is -2.36. The molecule has 164 valence electrons. The number of rotatable bonds is 5. The van der Waals surface area contributed by atoms with E-state index in [2.05, 4.69) is 5.32 Å². The third-order valence-corrected chi connectivity index (χ3v) is 5.37. The van der Waals surface area contributed by atoms with Gasteiger partial charge in [-0.15, -0.1) is 0 Å². The van der Waals surface area contributed by atoms with E-state index in [1.807, 2.05) is 4.90 Å². The van der Waals surface area contributed by atoms with Gasteiger partial charge < -0.3 is 24.3 Å². The molecule has 2 fully saturated rings. The van der Waals surface area contributed by atoms with E-state index in [0.29, 0.717) is 43.1 Å². The van der Waals surface area contributed by atoms with Crippen molar-refractivity contribution >= 4 is 29.3 Å². The topological polar surface area (TPSA) is 95.3 Å². The van der Waals surface area contributed by atoms with Gasteiger partial charge in [-0.2, -0.15) is 0 Å². The average molecular weight is 430 g/mol. The van der Waals surface area contributed by atoms with Crippen molar-refractivity contribution in [2.45, 2.75) is 13.0 Å². The van der Waals surface area contributed by atoms with Crippen molar-refractivity contribution in [3.8, 4) is 0 Å². The quantitative estimate of drug-likeness (QED) is 0.778. The summed E-state index contributed by atoms with van der Waals surface area (Å²) in [5.74, 6) is -0.771. The summed E-state index contributed by atoms with van der Waals surface area (Å²) in [4.78, 5) is 40.5. The van der Waals surface area contributed by atoms with Crippen LogP contribution in [0.5, 0.6) is 0 Å². The van der Waals surface area contributed by atoms with Crippen molar-refractivity contribution in [3.63, 3.8) is 0 Å². The van der Waals surface area contributed by atoms with Gasteiger partial charge in [0.1, 0.15) is 18.2 Å². The van der Waals surface area contributed by atoms with Crippen LogP contribution in [0.2, 0.25) is 0 Å². The van der Waals surface area contributed by atoms with Crippen LogP contribution in [0.1, 0.15) is 17.3 Å². The lowest BCUT2D eigenvalue weighted by Crippen LogP contribution is -2.49. The molecule has 2 aliphatic rings. The first-order valence-electron chi connectivity index (χ1n) is 10.0. The number of carbonyl (C=O) groups is 3. The molecule has 0 saturated carbocycles. The van der Waals surface area contributed by atoms with E-state index in [1.54, 1.807) is 23.1 Å². The molecule has 1 aromatic heterocycles. The maximum absolute atomic E-state index is 14.9. The molecule has 31 heavy (non-hydrogen) atoms. The van der Waals surface area contributed by atoms with Gasteiger partial charge in [-0.25, -0.2) is 9.18 Å².